The van der Waals surface area contributed by atoms with Crippen molar-refractivity contribution >= 4 is 123 Å². The summed E-state index contributed by atoms with van der Waals surface area (Å²) in [6.45, 7) is 5.76. The lowest BCUT2D eigenvalue weighted by Gasteiger charge is -2.72. The second kappa shape index (κ2) is 26.3. The van der Waals surface area contributed by atoms with Crippen LogP contribution in [0.3, 0.4) is 0 Å². The summed E-state index contributed by atoms with van der Waals surface area (Å²) in [5, 5.41) is 20.8. The third kappa shape index (κ3) is 9.27. The lowest BCUT2D eigenvalue weighted by molar-refractivity contribution is 1.67. The van der Waals surface area contributed by atoms with E-state index in [1.807, 2.05) is 0 Å². The van der Waals surface area contributed by atoms with Gasteiger partial charge in [-0.1, -0.05) is 510 Å². The summed E-state index contributed by atoms with van der Waals surface area (Å²) in [6.07, 6.45) is 0. The Balaban J connectivity index is 1.47. The number of rotatable bonds is 20. The Morgan fingerprint density at radius 2 is 0.194 bits per heavy atom. The van der Waals surface area contributed by atoms with E-state index in [-0.39, 0.29) is 0 Å². The van der Waals surface area contributed by atoms with Crippen LogP contribution < -0.4 is 72.6 Å². The van der Waals surface area contributed by atoms with Gasteiger partial charge in [-0.2, -0.15) is 0 Å². The molecule has 14 rings (SSSR count). The van der Waals surface area contributed by atoms with Crippen LogP contribution in [0.2, 0.25) is 13.1 Å². The smallest absolute Gasteiger partial charge is 0.0631 e. The Kier molecular flexibility index (Phi) is 17.3. The largest absolute Gasteiger partial charge is 0.123 e. The molecular weight excluding hydrogens is 1230 g/mol. The zero-order chi connectivity index (χ0) is 63.1. The van der Waals surface area contributed by atoms with Gasteiger partial charge in [0.15, 0.2) is 0 Å². The first-order valence-electron chi connectivity index (χ1n) is 32.7. The van der Waals surface area contributed by atoms with E-state index in [1.165, 1.54) is 72.6 Å². The van der Waals surface area contributed by atoms with Crippen LogP contribution in [0.5, 0.6) is 0 Å². The van der Waals surface area contributed by atoms with Crippen molar-refractivity contribution in [1.82, 2.24) is 0 Å². The van der Waals surface area contributed by atoms with Gasteiger partial charge in [-0.15, -0.1) is 0 Å². The van der Waals surface area contributed by atoms with Crippen LogP contribution in [-0.4, -0.2) is 50.7 Å². The highest BCUT2D eigenvalue weighted by Gasteiger charge is 2.87. The molecule has 0 atom stereocenters. The molecule has 0 saturated carbocycles. The third-order valence-electron chi connectivity index (χ3n) is 21.2. The highest BCUT2D eigenvalue weighted by molar-refractivity contribution is 8.16. The van der Waals surface area contributed by atoms with Gasteiger partial charge in [-0.25, -0.2) is 0 Å². The van der Waals surface area contributed by atoms with E-state index in [9.17, 15) is 0 Å². The van der Waals surface area contributed by atoms with Crippen LogP contribution in [-0.2, 0) is 0 Å². The summed E-state index contributed by atoms with van der Waals surface area (Å²) >= 11 is 0. The number of hydrogen-bond acceptors (Lipinski definition) is 0. The average Bonchev–Trinajstić information content (AvgIpc) is 0.622. The Morgan fingerprint density at radius 3 is 0.312 bits per heavy atom. The molecule has 0 aliphatic rings. The summed E-state index contributed by atoms with van der Waals surface area (Å²) in [6, 6.07) is 174. The molecule has 0 spiro atoms. The molecule has 93 heavy (non-hydrogen) atoms. The van der Waals surface area contributed by atoms with E-state index in [0.29, 0.717) is 0 Å². The number of benzene rings is 14. The normalized spacial score (nSPS) is 12.4. The van der Waals surface area contributed by atoms with Crippen LogP contribution in [0.1, 0.15) is 0 Å². The van der Waals surface area contributed by atoms with E-state index < -0.39 is 50.7 Å². The molecular formula is C86H76Si7. The van der Waals surface area contributed by atoms with Gasteiger partial charge < -0.3 is 0 Å². The molecule has 448 valence electrons. The molecule has 0 heterocycles. The van der Waals surface area contributed by atoms with Gasteiger partial charge in [0.05, 0.1) is 0 Å². The summed E-state index contributed by atoms with van der Waals surface area (Å²) < 4.78 is 0. The fraction of sp³-hybridized carbons (Fsp3) is 0.0233. The van der Waals surface area contributed by atoms with Crippen molar-refractivity contribution in [3.05, 3.63) is 425 Å². The van der Waals surface area contributed by atoms with Gasteiger partial charge in [0, 0.05) is 0 Å². The van der Waals surface area contributed by atoms with Crippen molar-refractivity contribution in [1.29, 1.82) is 0 Å². The lowest BCUT2D eigenvalue weighted by atomic mass is 10.4. The lowest BCUT2D eigenvalue weighted by Crippen LogP contribution is -3.17. The average molecular weight is 1310 g/mol. The molecule has 0 amide bonds. The van der Waals surface area contributed by atoms with Gasteiger partial charge in [0.2, 0.25) is 0 Å². The van der Waals surface area contributed by atoms with Crippen molar-refractivity contribution in [2.75, 3.05) is 0 Å². The van der Waals surface area contributed by atoms with Gasteiger partial charge in [-0.05, 0) is 0 Å². The van der Waals surface area contributed by atoms with Gasteiger partial charge >= 0.3 is 0 Å². The molecule has 0 fully saturated rings. The minimum absolute atomic E-state index is 1.46. The molecule has 0 nitrogen and oxygen atoms in total. The van der Waals surface area contributed by atoms with Crippen LogP contribution in [0.25, 0.3) is 0 Å². The predicted molar refractivity (Wildman–Crippen MR) is 417 cm³/mol. The van der Waals surface area contributed by atoms with Crippen molar-refractivity contribution in [3.63, 3.8) is 0 Å². The maximum atomic E-state index is 2.88. The van der Waals surface area contributed by atoms with E-state index in [0.717, 1.165) is 0 Å². The SMILES string of the molecule is C[Si](c1ccccc1)(c1ccccc1)[Si](c1ccccc1)(c1ccccc1)[Si](c1ccccc1)(c1ccccc1)[Si](c1ccccc1)(c1ccccc1)[Si](c1ccccc1)(c1ccccc1)[Si](c1ccccc1)(c1ccccc1)[Si](C)(c1ccccc1)c1ccccc1. The molecule has 0 radical (unpaired) electrons. The van der Waals surface area contributed by atoms with E-state index in [2.05, 4.69) is 438 Å². The van der Waals surface area contributed by atoms with E-state index >= 15 is 0 Å². The fourth-order valence-corrected chi connectivity index (χ4v) is 208. The molecule has 0 unspecified atom stereocenters. The second-order valence-corrected chi connectivity index (χ2v) is 81.2. The molecule has 0 saturated heterocycles. The first kappa shape index (κ1) is 61.1. The molecule has 0 aromatic heterocycles. The van der Waals surface area contributed by atoms with Gasteiger partial charge in [0.25, 0.3) is 0 Å². The van der Waals surface area contributed by atoms with Crippen LogP contribution >= 0.6 is 0 Å². The first-order chi connectivity index (χ1) is 46.0. The Labute approximate surface area is 556 Å². The molecule has 0 bridgehead atoms. The zero-order valence-corrected chi connectivity index (χ0v) is 59.9. The van der Waals surface area contributed by atoms with Crippen molar-refractivity contribution in [2.45, 2.75) is 13.1 Å². The molecule has 14 aromatic rings. The maximum Gasteiger partial charge on any atom is 0.123 e. The highest BCUT2D eigenvalue weighted by Crippen LogP contribution is 2.45. The third-order valence-corrected chi connectivity index (χ3v) is 135. The monoisotopic (exact) mass is 1300 g/mol. The molecule has 0 aliphatic carbocycles. The minimum atomic E-state index is -4.35. The topological polar surface area (TPSA) is 0 Å². The van der Waals surface area contributed by atoms with E-state index in [4.69, 9.17) is 0 Å². The Hall–Kier alpha value is -9.40. The summed E-state index contributed by atoms with van der Waals surface area (Å²) in [5.74, 6) is 0. The highest BCUT2D eigenvalue weighted by atomic mass is 30.1. The Morgan fingerprint density at radius 1 is 0.108 bits per heavy atom. The summed E-state index contributed by atoms with van der Waals surface area (Å²) in [7, 11) is -28.0. The predicted octanol–water partition coefficient (Wildman–Crippen LogP) is 10.6. The zero-order valence-electron chi connectivity index (χ0n) is 52.9. The first-order valence-corrected chi connectivity index (χ1v) is 53.7. The minimum Gasteiger partial charge on any atom is -0.0631 e. The molecule has 14 aromatic carbocycles. The molecule has 0 N–H and O–H groups in total. The summed E-state index contributed by atoms with van der Waals surface area (Å²) in [5.41, 5.74) is 0. The van der Waals surface area contributed by atoms with Crippen molar-refractivity contribution < 1.29 is 0 Å². The van der Waals surface area contributed by atoms with Crippen LogP contribution in [0.15, 0.2) is 425 Å². The standard InChI is InChI=1S/C86H76Si7/c1-87(73-45-17-3-18-46-73,74-47-19-4-20-48-74)89(77-53-25-7-26-54-77,78-55-27-8-28-56-78)91(81-61-33-11-34-62-81,82-63-35-12-36-64-82)93(85-69-41-15-42-70-85,86-71-43-16-44-72-86)92(83-65-37-13-38-66-83,84-67-39-14-40-68-84)90(79-57-29-9-30-58-79,80-59-31-10-32-60-80)88(2,75-49-21-5-22-50-75)76-51-23-6-24-52-76/h3-72H,1-2H3. The molecule has 0 aliphatic heterocycles. The quantitative estimate of drug-likeness (QED) is 0.0668. The van der Waals surface area contributed by atoms with Crippen molar-refractivity contribution in [3.8, 4) is 0 Å². The second-order valence-electron chi connectivity index (χ2n) is 25.1. The van der Waals surface area contributed by atoms with Gasteiger partial charge in [-0.3, -0.25) is 0 Å². The van der Waals surface area contributed by atoms with Crippen molar-refractivity contribution in [2.24, 2.45) is 0 Å². The van der Waals surface area contributed by atoms with Crippen LogP contribution in [0.4, 0.5) is 0 Å². The van der Waals surface area contributed by atoms with Crippen LogP contribution in [0, 0.1) is 0 Å². The van der Waals surface area contributed by atoms with Gasteiger partial charge in [0.1, 0.15) is 50.7 Å². The Bertz CT molecular complexity index is 4100. The van der Waals surface area contributed by atoms with E-state index in [1.54, 1.807) is 0 Å². The number of hydrogen-bond donors (Lipinski definition) is 0. The molecule has 7 heteroatoms. The fourth-order valence-electron chi connectivity index (χ4n) is 18.2. The summed E-state index contributed by atoms with van der Waals surface area (Å²) in [4.78, 5) is 0. The maximum absolute atomic E-state index is 4.35.